The normalized spacial score (nSPS) is 10.9. The number of para-hydroxylation sites is 1. The van der Waals surface area contributed by atoms with Crippen LogP contribution >= 0.6 is 11.6 Å². The largest absolute Gasteiger partial charge is 0.497 e. The van der Waals surface area contributed by atoms with E-state index in [0.717, 1.165) is 0 Å². The van der Waals surface area contributed by atoms with Crippen molar-refractivity contribution in [1.82, 2.24) is 0 Å². The van der Waals surface area contributed by atoms with Gasteiger partial charge in [0.1, 0.15) is 10.6 Å². The number of anilines is 2. The molecule has 0 aromatic heterocycles. The molecule has 0 atom stereocenters. The topological polar surface area (TPSA) is 84.5 Å². The molecule has 0 spiro atoms. The van der Waals surface area contributed by atoms with Gasteiger partial charge in [-0.05, 0) is 48.5 Å². The average Bonchev–Trinajstić information content (AvgIpc) is 2.69. The van der Waals surface area contributed by atoms with Crippen molar-refractivity contribution >= 4 is 38.9 Å². The third-order valence-electron chi connectivity index (χ3n) is 3.89. The summed E-state index contributed by atoms with van der Waals surface area (Å²) >= 11 is 6.00. The van der Waals surface area contributed by atoms with Crippen LogP contribution in [0.15, 0.2) is 77.7 Å². The molecule has 1 amide bonds. The molecule has 144 valence electrons. The third kappa shape index (κ3) is 4.44. The minimum Gasteiger partial charge on any atom is -0.497 e. The van der Waals surface area contributed by atoms with Gasteiger partial charge in [0.25, 0.3) is 15.9 Å². The monoisotopic (exact) mass is 416 g/mol. The standard InChI is InChI=1S/C20H17ClN2O4S/c1-27-15-12-10-14(11-13-15)22-20(24)16-6-2-4-8-18(16)23-28(25,26)19-9-5-3-7-17(19)21/h2-13,23H,1H3,(H,22,24). The summed E-state index contributed by atoms with van der Waals surface area (Å²) in [6, 6.07) is 19.2. The van der Waals surface area contributed by atoms with Gasteiger partial charge in [0.2, 0.25) is 0 Å². The molecule has 0 unspecified atom stereocenters. The van der Waals surface area contributed by atoms with Crippen LogP contribution in [0.25, 0.3) is 0 Å². The van der Waals surface area contributed by atoms with Crippen LogP contribution in [-0.4, -0.2) is 21.4 Å². The van der Waals surface area contributed by atoms with Crippen molar-refractivity contribution in [2.75, 3.05) is 17.1 Å². The molecular weight excluding hydrogens is 400 g/mol. The van der Waals surface area contributed by atoms with E-state index in [0.29, 0.717) is 11.4 Å². The summed E-state index contributed by atoms with van der Waals surface area (Å²) in [5.74, 6) is 0.202. The number of hydrogen-bond acceptors (Lipinski definition) is 4. The zero-order valence-electron chi connectivity index (χ0n) is 14.8. The van der Waals surface area contributed by atoms with Crippen LogP contribution in [0.5, 0.6) is 5.75 Å². The Kier molecular flexibility index (Phi) is 5.87. The van der Waals surface area contributed by atoms with E-state index in [9.17, 15) is 13.2 Å². The van der Waals surface area contributed by atoms with Gasteiger partial charge in [-0.15, -0.1) is 0 Å². The van der Waals surface area contributed by atoms with Gasteiger partial charge in [0, 0.05) is 5.69 Å². The van der Waals surface area contributed by atoms with E-state index in [4.69, 9.17) is 16.3 Å². The fraction of sp³-hybridized carbons (Fsp3) is 0.0500. The molecule has 3 aromatic rings. The molecule has 0 radical (unpaired) electrons. The Hall–Kier alpha value is -3.03. The molecule has 0 fully saturated rings. The molecule has 2 N–H and O–H groups in total. The number of carbonyl (C=O) groups is 1. The number of amides is 1. The molecule has 3 rings (SSSR count). The molecule has 0 saturated heterocycles. The van der Waals surface area contributed by atoms with Gasteiger partial charge in [-0.2, -0.15) is 0 Å². The maximum atomic E-state index is 12.7. The van der Waals surface area contributed by atoms with Gasteiger partial charge in [0.05, 0.1) is 23.4 Å². The Balaban J connectivity index is 1.86. The lowest BCUT2D eigenvalue weighted by Gasteiger charge is -2.13. The molecular formula is C20H17ClN2O4S. The maximum Gasteiger partial charge on any atom is 0.263 e. The fourth-order valence-electron chi connectivity index (χ4n) is 2.51. The van der Waals surface area contributed by atoms with Crippen molar-refractivity contribution in [3.63, 3.8) is 0 Å². The predicted molar refractivity (Wildman–Crippen MR) is 110 cm³/mol. The van der Waals surface area contributed by atoms with Gasteiger partial charge in [0.15, 0.2) is 0 Å². The van der Waals surface area contributed by atoms with E-state index in [2.05, 4.69) is 10.0 Å². The summed E-state index contributed by atoms with van der Waals surface area (Å²) in [6.07, 6.45) is 0. The van der Waals surface area contributed by atoms with Crippen LogP contribution in [-0.2, 0) is 10.0 Å². The highest BCUT2D eigenvalue weighted by Crippen LogP contribution is 2.25. The van der Waals surface area contributed by atoms with E-state index in [1.54, 1.807) is 55.6 Å². The van der Waals surface area contributed by atoms with Crippen LogP contribution in [0.4, 0.5) is 11.4 Å². The Morgan fingerprint density at radius 1 is 0.929 bits per heavy atom. The first-order valence-corrected chi connectivity index (χ1v) is 10.1. The maximum absolute atomic E-state index is 12.7. The second-order valence-corrected chi connectivity index (χ2v) is 7.82. The van der Waals surface area contributed by atoms with E-state index < -0.39 is 15.9 Å². The summed E-state index contributed by atoms with van der Waals surface area (Å²) in [7, 11) is -2.41. The fourth-order valence-corrected chi connectivity index (χ4v) is 4.11. The second kappa shape index (κ2) is 8.33. The minimum absolute atomic E-state index is 0.0676. The molecule has 8 heteroatoms. The zero-order valence-corrected chi connectivity index (χ0v) is 16.4. The predicted octanol–water partition coefficient (Wildman–Crippen LogP) is 4.40. The molecule has 0 aliphatic rings. The van der Waals surface area contributed by atoms with Gasteiger partial charge < -0.3 is 10.1 Å². The molecule has 0 aliphatic carbocycles. The molecule has 3 aromatic carbocycles. The molecule has 6 nitrogen and oxygen atoms in total. The number of carbonyl (C=O) groups excluding carboxylic acids is 1. The number of ether oxygens (including phenoxy) is 1. The summed E-state index contributed by atoms with van der Waals surface area (Å²) < 4.78 is 32.9. The molecule has 0 bridgehead atoms. The smallest absolute Gasteiger partial charge is 0.263 e. The van der Waals surface area contributed by atoms with Crippen molar-refractivity contribution < 1.29 is 17.9 Å². The van der Waals surface area contributed by atoms with E-state index >= 15 is 0 Å². The first kappa shape index (κ1) is 19.7. The Labute approximate surface area is 168 Å². The van der Waals surface area contributed by atoms with Crippen LogP contribution in [0.2, 0.25) is 5.02 Å². The SMILES string of the molecule is COc1ccc(NC(=O)c2ccccc2NS(=O)(=O)c2ccccc2Cl)cc1. The van der Waals surface area contributed by atoms with Gasteiger partial charge in [-0.3, -0.25) is 9.52 Å². The van der Waals surface area contributed by atoms with Gasteiger partial charge in [-0.25, -0.2) is 8.42 Å². The van der Waals surface area contributed by atoms with Crippen molar-refractivity contribution in [2.45, 2.75) is 4.90 Å². The van der Waals surface area contributed by atoms with E-state index in [1.165, 1.54) is 24.3 Å². The molecule has 0 saturated carbocycles. The number of methoxy groups -OCH3 is 1. The van der Waals surface area contributed by atoms with Crippen molar-refractivity contribution in [3.05, 3.63) is 83.4 Å². The Morgan fingerprint density at radius 2 is 1.57 bits per heavy atom. The average molecular weight is 417 g/mol. The van der Waals surface area contributed by atoms with Crippen molar-refractivity contribution in [2.24, 2.45) is 0 Å². The Bertz CT molecular complexity index is 1100. The lowest BCUT2D eigenvalue weighted by atomic mass is 10.1. The van der Waals surface area contributed by atoms with Crippen LogP contribution in [0.1, 0.15) is 10.4 Å². The quantitative estimate of drug-likeness (QED) is 0.623. The number of rotatable bonds is 6. The zero-order chi connectivity index (χ0) is 20.1. The number of halogens is 1. The van der Waals surface area contributed by atoms with Gasteiger partial charge >= 0.3 is 0 Å². The number of sulfonamides is 1. The first-order valence-electron chi connectivity index (χ1n) is 8.22. The van der Waals surface area contributed by atoms with Gasteiger partial charge in [-0.1, -0.05) is 35.9 Å². The van der Waals surface area contributed by atoms with Crippen molar-refractivity contribution in [1.29, 1.82) is 0 Å². The Morgan fingerprint density at radius 3 is 2.25 bits per heavy atom. The lowest BCUT2D eigenvalue weighted by molar-refractivity contribution is 0.102. The van der Waals surface area contributed by atoms with E-state index in [1.807, 2.05) is 0 Å². The number of nitrogens with one attached hydrogen (secondary N) is 2. The first-order chi connectivity index (χ1) is 13.4. The summed E-state index contributed by atoms with van der Waals surface area (Å²) in [5, 5.41) is 2.82. The summed E-state index contributed by atoms with van der Waals surface area (Å²) in [5.41, 5.74) is 0.872. The highest BCUT2D eigenvalue weighted by atomic mass is 35.5. The minimum atomic E-state index is -3.96. The van der Waals surface area contributed by atoms with Crippen LogP contribution in [0, 0.1) is 0 Å². The third-order valence-corrected chi connectivity index (χ3v) is 5.76. The number of hydrogen-bond donors (Lipinski definition) is 2. The molecule has 0 aliphatic heterocycles. The summed E-state index contributed by atoms with van der Waals surface area (Å²) in [4.78, 5) is 12.6. The van der Waals surface area contributed by atoms with E-state index in [-0.39, 0.29) is 21.2 Å². The lowest BCUT2D eigenvalue weighted by Crippen LogP contribution is -2.18. The molecule has 0 heterocycles. The van der Waals surface area contributed by atoms with Crippen LogP contribution < -0.4 is 14.8 Å². The highest BCUT2D eigenvalue weighted by molar-refractivity contribution is 7.92. The number of benzene rings is 3. The van der Waals surface area contributed by atoms with Crippen LogP contribution in [0.3, 0.4) is 0 Å². The second-order valence-electron chi connectivity index (χ2n) is 5.76. The highest BCUT2D eigenvalue weighted by Gasteiger charge is 2.20. The summed E-state index contributed by atoms with van der Waals surface area (Å²) in [6.45, 7) is 0. The van der Waals surface area contributed by atoms with Crippen molar-refractivity contribution in [3.8, 4) is 5.75 Å². The molecule has 28 heavy (non-hydrogen) atoms.